The van der Waals surface area contributed by atoms with Crippen molar-refractivity contribution in [2.24, 2.45) is 0 Å². The first kappa shape index (κ1) is 16.8. The molecule has 1 aromatic carbocycles. The highest BCUT2D eigenvalue weighted by Crippen LogP contribution is 2.26. The number of hydrogen-bond acceptors (Lipinski definition) is 3. The lowest BCUT2D eigenvalue weighted by molar-refractivity contribution is 0.199. The van der Waals surface area contributed by atoms with E-state index in [0.717, 1.165) is 39.3 Å². The van der Waals surface area contributed by atoms with E-state index in [2.05, 4.69) is 70.0 Å². The van der Waals surface area contributed by atoms with E-state index in [1.165, 1.54) is 22.1 Å². The van der Waals surface area contributed by atoms with Crippen molar-refractivity contribution in [2.45, 2.75) is 39.8 Å². The van der Waals surface area contributed by atoms with Crippen molar-refractivity contribution >= 4 is 21.6 Å². The van der Waals surface area contributed by atoms with Crippen LogP contribution in [-0.2, 0) is 6.54 Å². The molecule has 1 saturated heterocycles. The standard InChI is InChI=1S/C17H28BrN3/c1-4-8-19-12-15-6-7-16(11-17(15)18)21-10-9-20(5-2)14(3)13-21/h6-7,11,14,19H,4-5,8-10,12-13H2,1-3H3. The molecular formula is C17H28BrN3. The lowest BCUT2D eigenvalue weighted by Gasteiger charge is -2.40. The number of anilines is 1. The summed E-state index contributed by atoms with van der Waals surface area (Å²) in [4.78, 5) is 5.05. The van der Waals surface area contributed by atoms with Gasteiger partial charge < -0.3 is 10.2 Å². The average molecular weight is 354 g/mol. The summed E-state index contributed by atoms with van der Waals surface area (Å²) >= 11 is 3.73. The molecular weight excluding hydrogens is 326 g/mol. The van der Waals surface area contributed by atoms with Crippen LogP contribution < -0.4 is 10.2 Å². The van der Waals surface area contributed by atoms with Gasteiger partial charge in [0.2, 0.25) is 0 Å². The zero-order chi connectivity index (χ0) is 15.2. The van der Waals surface area contributed by atoms with Crippen molar-refractivity contribution in [3.8, 4) is 0 Å². The van der Waals surface area contributed by atoms with Gasteiger partial charge in [0.1, 0.15) is 0 Å². The van der Waals surface area contributed by atoms with Gasteiger partial charge in [-0.3, -0.25) is 4.90 Å². The fourth-order valence-corrected chi connectivity index (χ4v) is 3.48. The van der Waals surface area contributed by atoms with Gasteiger partial charge in [0.15, 0.2) is 0 Å². The van der Waals surface area contributed by atoms with Crippen molar-refractivity contribution in [1.82, 2.24) is 10.2 Å². The largest absolute Gasteiger partial charge is 0.369 e. The molecule has 2 rings (SSSR count). The number of piperazine rings is 1. The van der Waals surface area contributed by atoms with E-state index >= 15 is 0 Å². The van der Waals surface area contributed by atoms with Gasteiger partial charge in [-0.05, 0) is 44.1 Å². The summed E-state index contributed by atoms with van der Waals surface area (Å²) < 4.78 is 1.22. The minimum Gasteiger partial charge on any atom is -0.369 e. The Kier molecular flexibility index (Phi) is 6.52. The summed E-state index contributed by atoms with van der Waals surface area (Å²) in [7, 11) is 0. The molecule has 0 spiro atoms. The number of halogens is 1. The molecule has 118 valence electrons. The van der Waals surface area contributed by atoms with E-state index in [4.69, 9.17) is 0 Å². The second-order valence-electron chi connectivity index (χ2n) is 5.88. The lowest BCUT2D eigenvalue weighted by Crippen LogP contribution is -2.51. The molecule has 1 N–H and O–H groups in total. The molecule has 0 aliphatic carbocycles. The van der Waals surface area contributed by atoms with E-state index in [-0.39, 0.29) is 0 Å². The Balaban J connectivity index is 2.00. The average Bonchev–Trinajstić information content (AvgIpc) is 2.49. The summed E-state index contributed by atoms with van der Waals surface area (Å²) in [5.74, 6) is 0. The van der Waals surface area contributed by atoms with Gasteiger partial charge in [0.25, 0.3) is 0 Å². The smallest absolute Gasteiger partial charge is 0.0378 e. The first-order valence-corrected chi connectivity index (χ1v) is 8.93. The van der Waals surface area contributed by atoms with Gasteiger partial charge in [-0.25, -0.2) is 0 Å². The van der Waals surface area contributed by atoms with Crippen LogP contribution in [0.1, 0.15) is 32.8 Å². The minimum absolute atomic E-state index is 0.633. The summed E-state index contributed by atoms with van der Waals surface area (Å²) in [5, 5.41) is 3.46. The zero-order valence-electron chi connectivity index (χ0n) is 13.5. The molecule has 0 saturated carbocycles. The third kappa shape index (κ3) is 4.44. The van der Waals surface area contributed by atoms with Crippen LogP contribution in [0.4, 0.5) is 5.69 Å². The normalized spacial score (nSPS) is 20.0. The first-order chi connectivity index (χ1) is 10.2. The number of likely N-dealkylation sites (N-methyl/N-ethyl adjacent to an activating group) is 1. The van der Waals surface area contributed by atoms with Crippen molar-refractivity contribution < 1.29 is 0 Å². The highest BCUT2D eigenvalue weighted by molar-refractivity contribution is 9.10. The van der Waals surface area contributed by atoms with Crippen molar-refractivity contribution in [3.63, 3.8) is 0 Å². The van der Waals surface area contributed by atoms with Crippen LogP contribution in [0.3, 0.4) is 0 Å². The number of nitrogens with one attached hydrogen (secondary N) is 1. The molecule has 3 nitrogen and oxygen atoms in total. The van der Waals surface area contributed by atoms with Gasteiger partial charge in [-0.15, -0.1) is 0 Å². The summed E-state index contributed by atoms with van der Waals surface area (Å²) in [6, 6.07) is 7.42. The van der Waals surface area contributed by atoms with Gasteiger partial charge in [0.05, 0.1) is 0 Å². The molecule has 1 unspecified atom stereocenters. The Morgan fingerprint density at radius 3 is 2.71 bits per heavy atom. The molecule has 0 amide bonds. The van der Waals surface area contributed by atoms with Crippen LogP contribution in [0.2, 0.25) is 0 Å². The van der Waals surface area contributed by atoms with Crippen molar-refractivity contribution in [2.75, 3.05) is 37.6 Å². The fourth-order valence-electron chi connectivity index (χ4n) is 2.98. The maximum absolute atomic E-state index is 3.73. The molecule has 0 aromatic heterocycles. The SMILES string of the molecule is CCCNCc1ccc(N2CCN(CC)C(C)C2)cc1Br. The van der Waals surface area contributed by atoms with E-state index in [1.807, 2.05) is 0 Å². The van der Waals surface area contributed by atoms with Crippen molar-refractivity contribution in [3.05, 3.63) is 28.2 Å². The number of rotatable bonds is 6. The highest BCUT2D eigenvalue weighted by atomic mass is 79.9. The van der Waals surface area contributed by atoms with Crippen LogP contribution in [0.25, 0.3) is 0 Å². The zero-order valence-corrected chi connectivity index (χ0v) is 15.1. The molecule has 4 heteroatoms. The Hall–Kier alpha value is -0.580. The minimum atomic E-state index is 0.633. The van der Waals surface area contributed by atoms with Crippen LogP contribution in [0.5, 0.6) is 0 Å². The highest BCUT2D eigenvalue weighted by Gasteiger charge is 2.22. The summed E-state index contributed by atoms with van der Waals surface area (Å²) in [5.41, 5.74) is 2.68. The second-order valence-corrected chi connectivity index (χ2v) is 6.73. The molecule has 1 fully saturated rings. The van der Waals surface area contributed by atoms with Gasteiger partial charge in [-0.2, -0.15) is 0 Å². The molecule has 1 aliphatic rings. The lowest BCUT2D eigenvalue weighted by atomic mass is 10.1. The molecule has 0 radical (unpaired) electrons. The fraction of sp³-hybridized carbons (Fsp3) is 0.647. The van der Waals surface area contributed by atoms with Gasteiger partial charge >= 0.3 is 0 Å². The number of nitrogens with zero attached hydrogens (tertiary/aromatic N) is 2. The molecule has 1 atom stereocenters. The van der Waals surface area contributed by atoms with E-state index in [9.17, 15) is 0 Å². The van der Waals surface area contributed by atoms with E-state index in [0.29, 0.717) is 6.04 Å². The van der Waals surface area contributed by atoms with E-state index in [1.54, 1.807) is 0 Å². The third-order valence-corrected chi connectivity index (χ3v) is 5.05. The predicted molar refractivity (Wildman–Crippen MR) is 95.1 cm³/mol. The number of benzene rings is 1. The van der Waals surface area contributed by atoms with Gasteiger partial charge in [0, 0.05) is 42.4 Å². The van der Waals surface area contributed by atoms with Gasteiger partial charge in [-0.1, -0.05) is 35.8 Å². The molecule has 1 aromatic rings. The molecule has 21 heavy (non-hydrogen) atoms. The Labute approximate surface area is 137 Å². The first-order valence-electron chi connectivity index (χ1n) is 8.13. The van der Waals surface area contributed by atoms with Crippen LogP contribution in [-0.4, -0.2) is 43.7 Å². The third-order valence-electron chi connectivity index (χ3n) is 4.32. The predicted octanol–water partition coefficient (Wildman–Crippen LogP) is 3.48. The maximum Gasteiger partial charge on any atom is 0.0378 e. The quantitative estimate of drug-likeness (QED) is 0.789. The van der Waals surface area contributed by atoms with Crippen LogP contribution >= 0.6 is 15.9 Å². The van der Waals surface area contributed by atoms with Crippen LogP contribution in [0.15, 0.2) is 22.7 Å². The van der Waals surface area contributed by atoms with Crippen LogP contribution in [0, 0.1) is 0 Å². The summed E-state index contributed by atoms with van der Waals surface area (Å²) in [6.07, 6.45) is 1.18. The molecule has 0 bridgehead atoms. The Morgan fingerprint density at radius 1 is 1.29 bits per heavy atom. The van der Waals surface area contributed by atoms with Crippen molar-refractivity contribution in [1.29, 1.82) is 0 Å². The second kappa shape index (κ2) is 8.16. The van der Waals surface area contributed by atoms with E-state index < -0.39 is 0 Å². The summed E-state index contributed by atoms with van der Waals surface area (Å²) in [6.45, 7) is 13.3. The Bertz CT molecular complexity index is 450. The molecule has 1 aliphatic heterocycles. The Morgan fingerprint density at radius 2 is 2.10 bits per heavy atom. The maximum atomic E-state index is 3.73. The topological polar surface area (TPSA) is 18.5 Å². The molecule has 1 heterocycles. The monoisotopic (exact) mass is 353 g/mol. The number of hydrogen-bond donors (Lipinski definition) is 1.